The number of carboxylic acids is 1. The highest BCUT2D eigenvalue weighted by Gasteiger charge is 2.25. The molecule has 1 aliphatic rings. The maximum absolute atomic E-state index is 11.7. The molecule has 1 heterocycles. The van der Waals surface area contributed by atoms with Crippen LogP contribution in [0.5, 0.6) is 0 Å². The van der Waals surface area contributed by atoms with Gasteiger partial charge in [0.2, 0.25) is 0 Å². The predicted octanol–water partition coefficient (Wildman–Crippen LogP) is 1.21. The van der Waals surface area contributed by atoms with E-state index in [9.17, 15) is 9.59 Å². The van der Waals surface area contributed by atoms with Crippen molar-refractivity contribution in [3.8, 4) is 0 Å². The lowest BCUT2D eigenvalue weighted by atomic mass is 10.0. The molecule has 0 bridgehead atoms. The van der Waals surface area contributed by atoms with Gasteiger partial charge in [0.1, 0.15) is 6.04 Å². The highest BCUT2D eigenvalue weighted by atomic mass is 16.5. The smallest absolute Gasteiger partial charge is 0.326 e. The van der Waals surface area contributed by atoms with E-state index < -0.39 is 18.0 Å². The zero-order valence-electron chi connectivity index (χ0n) is 11.8. The van der Waals surface area contributed by atoms with Gasteiger partial charge in [-0.3, -0.25) is 0 Å². The summed E-state index contributed by atoms with van der Waals surface area (Å²) in [5.74, 6) is -0.481. The van der Waals surface area contributed by atoms with Crippen LogP contribution in [0.15, 0.2) is 0 Å². The fourth-order valence-electron chi connectivity index (χ4n) is 2.17. The van der Waals surface area contributed by atoms with Gasteiger partial charge in [-0.1, -0.05) is 13.8 Å². The summed E-state index contributed by atoms with van der Waals surface area (Å²) in [6.45, 7) is 7.07. The predicted molar refractivity (Wildman–Crippen MR) is 70.9 cm³/mol. The van der Waals surface area contributed by atoms with Gasteiger partial charge in [0.15, 0.2) is 0 Å². The average molecular weight is 272 g/mol. The van der Waals surface area contributed by atoms with Crippen molar-refractivity contribution in [2.75, 3.05) is 13.2 Å². The van der Waals surface area contributed by atoms with Crippen LogP contribution in [-0.2, 0) is 9.53 Å². The molecule has 6 nitrogen and oxygen atoms in total. The molecule has 0 radical (unpaired) electrons. The van der Waals surface area contributed by atoms with Crippen molar-refractivity contribution in [2.24, 2.45) is 11.8 Å². The molecule has 3 atom stereocenters. The fraction of sp³-hybridized carbons (Fsp3) is 0.846. The number of hydrogen-bond donors (Lipinski definition) is 3. The van der Waals surface area contributed by atoms with Gasteiger partial charge in [-0.05, 0) is 25.7 Å². The minimum absolute atomic E-state index is 0.145. The Morgan fingerprint density at radius 2 is 2.11 bits per heavy atom. The van der Waals surface area contributed by atoms with Crippen LogP contribution in [0.25, 0.3) is 0 Å². The summed E-state index contributed by atoms with van der Waals surface area (Å²) in [5, 5.41) is 14.2. The molecule has 1 fully saturated rings. The number of rotatable bonds is 6. The average Bonchev–Trinajstić information content (AvgIpc) is 2.70. The number of carbonyl (C=O) groups is 2. The van der Waals surface area contributed by atoms with Crippen LogP contribution in [0.4, 0.5) is 4.79 Å². The first-order valence-corrected chi connectivity index (χ1v) is 6.79. The van der Waals surface area contributed by atoms with Crippen molar-refractivity contribution in [2.45, 2.75) is 45.8 Å². The zero-order valence-corrected chi connectivity index (χ0v) is 11.8. The van der Waals surface area contributed by atoms with Gasteiger partial charge >= 0.3 is 12.0 Å². The van der Waals surface area contributed by atoms with E-state index in [2.05, 4.69) is 10.6 Å². The Bertz CT molecular complexity index is 320. The van der Waals surface area contributed by atoms with Crippen LogP contribution in [0.2, 0.25) is 0 Å². The minimum Gasteiger partial charge on any atom is -0.480 e. The van der Waals surface area contributed by atoms with Gasteiger partial charge in [-0.2, -0.15) is 0 Å². The molecule has 1 rings (SSSR count). The van der Waals surface area contributed by atoms with Gasteiger partial charge in [0.25, 0.3) is 0 Å². The van der Waals surface area contributed by atoms with Crippen molar-refractivity contribution < 1.29 is 19.4 Å². The van der Waals surface area contributed by atoms with E-state index in [0.717, 1.165) is 13.0 Å². The molecular formula is C13H24N2O4. The van der Waals surface area contributed by atoms with E-state index in [1.165, 1.54) is 0 Å². The largest absolute Gasteiger partial charge is 0.480 e. The van der Waals surface area contributed by atoms with Gasteiger partial charge < -0.3 is 20.5 Å². The maximum atomic E-state index is 11.7. The Morgan fingerprint density at radius 3 is 2.58 bits per heavy atom. The molecule has 110 valence electrons. The first-order chi connectivity index (χ1) is 8.90. The summed E-state index contributed by atoms with van der Waals surface area (Å²) < 4.78 is 5.40. The first-order valence-electron chi connectivity index (χ1n) is 6.79. The second-order valence-corrected chi connectivity index (χ2v) is 5.50. The number of aliphatic carboxylic acids is 1. The maximum Gasteiger partial charge on any atom is 0.326 e. The molecule has 2 unspecified atom stereocenters. The van der Waals surface area contributed by atoms with Crippen LogP contribution in [0, 0.1) is 11.8 Å². The summed E-state index contributed by atoms with van der Waals surface area (Å²) in [4.78, 5) is 22.7. The number of hydrogen-bond acceptors (Lipinski definition) is 3. The van der Waals surface area contributed by atoms with Gasteiger partial charge in [0.05, 0.1) is 6.10 Å². The standard InChI is InChI=1S/C13H24N2O4/c1-8(2)6-11(12(16)17)15-13(18)14-7-10-4-5-19-9(10)3/h8-11H,4-7H2,1-3H3,(H,16,17)(H2,14,15,18)/t9?,10?,11-/m1/s1. The number of urea groups is 1. The molecule has 0 aromatic rings. The molecule has 0 spiro atoms. The van der Waals surface area contributed by atoms with E-state index in [1.54, 1.807) is 0 Å². The number of carboxylic acid groups (broad SMARTS) is 1. The van der Waals surface area contributed by atoms with Gasteiger partial charge in [-0.15, -0.1) is 0 Å². The van der Waals surface area contributed by atoms with Crippen molar-refractivity contribution in [1.82, 2.24) is 10.6 Å². The molecule has 0 saturated carbocycles. The summed E-state index contributed by atoms with van der Waals surface area (Å²) in [7, 11) is 0. The van der Waals surface area contributed by atoms with Crippen LogP contribution < -0.4 is 10.6 Å². The summed E-state index contributed by atoms with van der Waals surface area (Å²) >= 11 is 0. The molecule has 19 heavy (non-hydrogen) atoms. The lowest BCUT2D eigenvalue weighted by molar-refractivity contribution is -0.139. The van der Waals surface area contributed by atoms with E-state index in [0.29, 0.717) is 18.9 Å². The molecule has 0 aliphatic carbocycles. The Morgan fingerprint density at radius 1 is 1.42 bits per heavy atom. The van der Waals surface area contributed by atoms with Crippen molar-refractivity contribution in [1.29, 1.82) is 0 Å². The second-order valence-electron chi connectivity index (χ2n) is 5.50. The molecule has 6 heteroatoms. The summed E-state index contributed by atoms with van der Waals surface area (Å²) in [6.07, 6.45) is 1.49. The number of carbonyl (C=O) groups excluding carboxylic acids is 1. The number of nitrogens with one attached hydrogen (secondary N) is 2. The van der Waals surface area contributed by atoms with E-state index >= 15 is 0 Å². The van der Waals surface area contributed by atoms with Gasteiger partial charge in [0, 0.05) is 19.1 Å². The summed E-state index contributed by atoms with van der Waals surface area (Å²) in [5.41, 5.74) is 0. The highest BCUT2D eigenvalue weighted by molar-refractivity contribution is 5.82. The van der Waals surface area contributed by atoms with Crippen molar-refractivity contribution in [3.05, 3.63) is 0 Å². The quantitative estimate of drug-likeness (QED) is 0.678. The topological polar surface area (TPSA) is 87.7 Å². The number of amides is 2. The zero-order chi connectivity index (χ0) is 14.4. The molecule has 0 aromatic carbocycles. The SMILES string of the molecule is CC(C)C[C@@H](NC(=O)NCC1CCOC1C)C(=O)O. The third-order valence-corrected chi connectivity index (χ3v) is 3.37. The Kier molecular flexibility index (Phi) is 6.08. The summed E-state index contributed by atoms with van der Waals surface area (Å²) in [6, 6.07) is -1.26. The van der Waals surface area contributed by atoms with Crippen LogP contribution in [-0.4, -0.2) is 42.4 Å². The van der Waals surface area contributed by atoms with Crippen molar-refractivity contribution in [3.63, 3.8) is 0 Å². The Balaban J connectivity index is 2.33. The van der Waals surface area contributed by atoms with E-state index in [1.807, 2.05) is 20.8 Å². The lowest BCUT2D eigenvalue weighted by Crippen LogP contribution is -2.47. The van der Waals surface area contributed by atoms with Crippen LogP contribution in [0.3, 0.4) is 0 Å². The molecule has 0 aromatic heterocycles. The third kappa shape index (κ3) is 5.46. The van der Waals surface area contributed by atoms with Crippen LogP contribution in [0.1, 0.15) is 33.6 Å². The van der Waals surface area contributed by atoms with Gasteiger partial charge in [-0.25, -0.2) is 9.59 Å². The number of ether oxygens (including phenoxy) is 1. The molecule has 3 N–H and O–H groups in total. The van der Waals surface area contributed by atoms with E-state index in [4.69, 9.17) is 9.84 Å². The monoisotopic (exact) mass is 272 g/mol. The van der Waals surface area contributed by atoms with E-state index in [-0.39, 0.29) is 12.0 Å². The highest BCUT2D eigenvalue weighted by Crippen LogP contribution is 2.19. The third-order valence-electron chi connectivity index (χ3n) is 3.37. The normalized spacial score (nSPS) is 24.2. The molecular weight excluding hydrogens is 248 g/mol. The Hall–Kier alpha value is -1.30. The molecule has 1 aliphatic heterocycles. The fourth-order valence-corrected chi connectivity index (χ4v) is 2.17. The second kappa shape index (κ2) is 7.33. The Labute approximate surface area is 113 Å². The molecule has 1 saturated heterocycles. The van der Waals surface area contributed by atoms with Crippen LogP contribution >= 0.6 is 0 Å². The minimum atomic E-state index is -0.999. The van der Waals surface area contributed by atoms with Crippen molar-refractivity contribution >= 4 is 12.0 Å². The lowest BCUT2D eigenvalue weighted by Gasteiger charge is -2.19. The molecule has 2 amide bonds. The first kappa shape index (κ1) is 15.8.